The van der Waals surface area contributed by atoms with E-state index >= 15 is 0 Å². The van der Waals surface area contributed by atoms with Gasteiger partial charge >= 0.3 is 0 Å². The molecule has 1 aromatic heterocycles. The van der Waals surface area contributed by atoms with Crippen LogP contribution in [0.1, 0.15) is 27.2 Å². The molecule has 4 rings (SSSR count). The molecule has 0 unspecified atom stereocenters. The first-order chi connectivity index (χ1) is 15.9. The zero-order chi connectivity index (χ0) is 23.4. The fraction of sp³-hybridized carbons (Fsp3) is 0.120. The molecule has 0 radical (unpaired) electrons. The van der Waals surface area contributed by atoms with Gasteiger partial charge in [-0.15, -0.1) is 0 Å². The smallest absolute Gasteiger partial charge is 0.256 e. The first kappa shape index (κ1) is 23.2. The second kappa shape index (κ2) is 10.3. The summed E-state index contributed by atoms with van der Waals surface area (Å²) < 4.78 is 7.51. The molecular formula is C25H20Cl3N3O2. The van der Waals surface area contributed by atoms with Crippen molar-refractivity contribution in [2.45, 2.75) is 20.1 Å². The number of carbonyl (C=O) groups excluding carboxylic acids is 1. The Morgan fingerprint density at radius 1 is 0.939 bits per heavy atom. The van der Waals surface area contributed by atoms with Crippen LogP contribution in [0.15, 0.2) is 72.8 Å². The number of amides is 1. The summed E-state index contributed by atoms with van der Waals surface area (Å²) in [6, 6.07) is 21.6. The molecule has 0 atom stereocenters. The van der Waals surface area contributed by atoms with Crippen molar-refractivity contribution in [2.75, 3.05) is 5.32 Å². The summed E-state index contributed by atoms with van der Waals surface area (Å²) in [7, 11) is 0. The van der Waals surface area contributed by atoms with E-state index in [0.717, 1.165) is 22.6 Å². The average Bonchev–Trinajstić information content (AvgIpc) is 3.14. The Balaban J connectivity index is 1.37. The van der Waals surface area contributed by atoms with Crippen molar-refractivity contribution in [1.82, 2.24) is 9.78 Å². The average molecular weight is 501 g/mol. The Morgan fingerprint density at radius 2 is 1.64 bits per heavy atom. The van der Waals surface area contributed by atoms with Crippen molar-refractivity contribution in [3.05, 3.63) is 110 Å². The molecule has 4 aromatic rings. The SMILES string of the molecule is Cc1cc(NC(=O)c2ccc(COc3ccc(Cl)cc3)cc2)nn1Cc1ccc(Cl)cc1Cl. The quantitative estimate of drug-likeness (QED) is 0.296. The maximum atomic E-state index is 12.7. The van der Waals surface area contributed by atoms with Crippen LogP contribution in [0.4, 0.5) is 5.82 Å². The van der Waals surface area contributed by atoms with Gasteiger partial charge in [-0.2, -0.15) is 5.10 Å². The third-order valence-electron chi connectivity index (χ3n) is 4.99. The van der Waals surface area contributed by atoms with Gasteiger partial charge < -0.3 is 10.1 Å². The zero-order valence-electron chi connectivity index (χ0n) is 17.7. The highest BCUT2D eigenvalue weighted by Crippen LogP contribution is 2.23. The second-order valence-electron chi connectivity index (χ2n) is 7.46. The number of hydrogen-bond donors (Lipinski definition) is 1. The molecule has 0 aliphatic carbocycles. The minimum Gasteiger partial charge on any atom is -0.489 e. The van der Waals surface area contributed by atoms with Gasteiger partial charge in [-0.25, -0.2) is 0 Å². The highest BCUT2D eigenvalue weighted by molar-refractivity contribution is 6.35. The Bertz CT molecular complexity index is 1270. The van der Waals surface area contributed by atoms with Gasteiger partial charge in [0.25, 0.3) is 5.91 Å². The summed E-state index contributed by atoms with van der Waals surface area (Å²) in [5.41, 5.74) is 3.26. The lowest BCUT2D eigenvalue weighted by Crippen LogP contribution is -2.13. The van der Waals surface area contributed by atoms with E-state index in [1.807, 2.05) is 43.3 Å². The monoisotopic (exact) mass is 499 g/mol. The number of aryl methyl sites for hydroxylation is 1. The number of rotatable bonds is 7. The minimum absolute atomic E-state index is 0.241. The van der Waals surface area contributed by atoms with Crippen LogP contribution in [-0.4, -0.2) is 15.7 Å². The van der Waals surface area contributed by atoms with Crippen LogP contribution in [0.3, 0.4) is 0 Å². The molecule has 0 aliphatic rings. The number of benzene rings is 3. The molecule has 3 aromatic carbocycles. The lowest BCUT2D eigenvalue weighted by molar-refractivity contribution is 0.102. The molecule has 5 nitrogen and oxygen atoms in total. The molecular weight excluding hydrogens is 481 g/mol. The molecule has 1 heterocycles. The van der Waals surface area contributed by atoms with Crippen molar-refractivity contribution in [1.29, 1.82) is 0 Å². The van der Waals surface area contributed by atoms with E-state index in [9.17, 15) is 4.79 Å². The van der Waals surface area contributed by atoms with Gasteiger partial charge in [0.15, 0.2) is 5.82 Å². The summed E-state index contributed by atoms with van der Waals surface area (Å²) in [6.07, 6.45) is 0. The van der Waals surface area contributed by atoms with Crippen molar-refractivity contribution >= 4 is 46.5 Å². The van der Waals surface area contributed by atoms with E-state index in [0.29, 0.717) is 39.6 Å². The van der Waals surface area contributed by atoms with E-state index in [1.54, 1.807) is 41.1 Å². The maximum absolute atomic E-state index is 12.7. The molecule has 1 amide bonds. The first-order valence-corrected chi connectivity index (χ1v) is 11.3. The van der Waals surface area contributed by atoms with Crippen LogP contribution < -0.4 is 10.1 Å². The van der Waals surface area contributed by atoms with E-state index in [4.69, 9.17) is 39.5 Å². The Morgan fingerprint density at radius 3 is 2.33 bits per heavy atom. The fourth-order valence-electron chi connectivity index (χ4n) is 3.18. The largest absolute Gasteiger partial charge is 0.489 e. The Hall–Kier alpha value is -2.99. The third kappa shape index (κ3) is 6.08. The van der Waals surface area contributed by atoms with E-state index in [1.165, 1.54) is 0 Å². The Kier molecular flexibility index (Phi) is 7.23. The molecule has 8 heteroatoms. The maximum Gasteiger partial charge on any atom is 0.256 e. The predicted octanol–water partition coefficient (Wildman–Crippen LogP) is 7.03. The summed E-state index contributed by atoms with van der Waals surface area (Å²) in [4.78, 5) is 12.7. The van der Waals surface area contributed by atoms with E-state index < -0.39 is 0 Å². The first-order valence-electron chi connectivity index (χ1n) is 10.1. The summed E-state index contributed by atoms with van der Waals surface area (Å²) in [5, 5.41) is 9.14. The second-order valence-corrected chi connectivity index (χ2v) is 8.74. The molecule has 0 saturated heterocycles. The summed E-state index contributed by atoms with van der Waals surface area (Å²) in [6.45, 7) is 2.78. The van der Waals surface area contributed by atoms with Gasteiger partial charge in [0, 0.05) is 32.4 Å². The van der Waals surface area contributed by atoms with Crippen molar-refractivity contribution in [2.24, 2.45) is 0 Å². The highest BCUT2D eigenvalue weighted by atomic mass is 35.5. The van der Waals surface area contributed by atoms with E-state index in [-0.39, 0.29) is 5.91 Å². The van der Waals surface area contributed by atoms with Gasteiger partial charge in [0.05, 0.1) is 6.54 Å². The van der Waals surface area contributed by atoms with Crippen molar-refractivity contribution in [3.63, 3.8) is 0 Å². The predicted molar refractivity (Wildman–Crippen MR) is 133 cm³/mol. The molecule has 168 valence electrons. The number of anilines is 1. The lowest BCUT2D eigenvalue weighted by atomic mass is 10.1. The van der Waals surface area contributed by atoms with Gasteiger partial charge in [0.1, 0.15) is 12.4 Å². The van der Waals surface area contributed by atoms with Gasteiger partial charge in [-0.1, -0.05) is 53.0 Å². The molecule has 0 saturated carbocycles. The van der Waals surface area contributed by atoms with Crippen LogP contribution in [0.25, 0.3) is 0 Å². The fourth-order valence-corrected chi connectivity index (χ4v) is 3.78. The molecule has 0 aliphatic heterocycles. The normalized spacial score (nSPS) is 10.8. The molecule has 0 bridgehead atoms. The zero-order valence-corrected chi connectivity index (χ0v) is 20.0. The number of aromatic nitrogens is 2. The van der Waals surface area contributed by atoms with Gasteiger partial charge in [0.2, 0.25) is 0 Å². The minimum atomic E-state index is -0.241. The van der Waals surface area contributed by atoms with Gasteiger partial charge in [-0.05, 0) is 66.6 Å². The van der Waals surface area contributed by atoms with E-state index in [2.05, 4.69) is 10.4 Å². The van der Waals surface area contributed by atoms with Crippen LogP contribution in [0.5, 0.6) is 5.75 Å². The summed E-state index contributed by atoms with van der Waals surface area (Å²) >= 11 is 18.1. The third-order valence-corrected chi connectivity index (χ3v) is 5.83. The molecule has 33 heavy (non-hydrogen) atoms. The number of halogens is 3. The molecule has 1 N–H and O–H groups in total. The number of nitrogens with zero attached hydrogens (tertiary/aromatic N) is 2. The van der Waals surface area contributed by atoms with Crippen molar-refractivity contribution in [3.8, 4) is 5.75 Å². The highest BCUT2D eigenvalue weighted by Gasteiger charge is 2.12. The number of ether oxygens (including phenoxy) is 1. The van der Waals surface area contributed by atoms with Gasteiger partial charge in [-0.3, -0.25) is 9.48 Å². The number of carbonyl (C=O) groups is 1. The Labute approximate surface area is 206 Å². The molecule has 0 spiro atoms. The standard InChI is InChI=1S/C25H20Cl3N3O2/c1-16-12-24(30-31(16)14-19-6-7-21(27)13-23(19)28)29-25(32)18-4-2-17(3-5-18)15-33-22-10-8-20(26)9-11-22/h2-13H,14-15H2,1H3,(H,29,30,32). The van der Waals surface area contributed by atoms with Crippen LogP contribution in [-0.2, 0) is 13.2 Å². The lowest BCUT2D eigenvalue weighted by Gasteiger charge is -2.08. The number of nitrogens with one attached hydrogen (secondary N) is 1. The van der Waals surface area contributed by atoms with Crippen LogP contribution in [0, 0.1) is 6.92 Å². The molecule has 0 fully saturated rings. The van der Waals surface area contributed by atoms with Crippen LogP contribution in [0.2, 0.25) is 15.1 Å². The summed E-state index contributed by atoms with van der Waals surface area (Å²) in [5.74, 6) is 0.958. The topological polar surface area (TPSA) is 56.1 Å². The van der Waals surface area contributed by atoms with Crippen LogP contribution >= 0.6 is 34.8 Å². The number of hydrogen-bond acceptors (Lipinski definition) is 3. The van der Waals surface area contributed by atoms with Crippen molar-refractivity contribution < 1.29 is 9.53 Å².